The zero-order chi connectivity index (χ0) is 19.6. The summed E-state index contributed by atoms with van der Waals surface area (Å²) in [4.78, 5) is 42.5. The molecule has 0 unspecified atom stereocenters. The van der Waals surface area contributed by atoms with Gasteiger partial charge in [0.2, 0.25) is 11.8 Å². The Balaban J connectivity index is 1.80. The maximum absolute atomic E-state index is 12.9. The van der Waals surface area contributed by atoms with Gasteiger partial charge >= 0.3 is 6.03 Å². The highest BCUT2D eigenvalue weighted by Crippen LogP contribution is 2.35. The molecule has 3 rings (SSSR count). The highest BCUT2D eigenvalue weighted by Gasteiger charge is 2.47. The summed E-state index contributed by atoms with van der Waals surface area (Å²) in [6, 6.07) is 6.73. The number of carbonyl (C=O) groups excluding carboxylic acids is 3. The van der Waals surface area contributed by atoms with Crippen LogP contribution < -0.4 is 5.32 Å². The summed E-state index contributed by atoms with van der Waals surface area (Å²) >= 11 is 5.99. The van der Waals surface area contributed by atoms with Crippen molar-refractivity contribution >= 4 is 35.1 Å². The van der Waals surface area contributed by atoms with Crippen LogP contribution in [0.15, 0.2) is 24.3 Å². The summed E-state index contributed by atoms with van der Waals surface area (Å²) < 4.78 is 0. The molecular formula is C19H25ClN4O3. The van der Waals surface area contributed by atoms with Crippen molar-refractivity contribution in [3.8, 4) is 0 Å². The Morgan fingerprint density at radius 1 is 1.19 bits per heavy atom. The zero-order valence-corrected chi connectivity index (χ0v) is 16.5. The number of rotatable bonds is 2. The summed E-state index contributed by atoms with van der Waals surface area (Å²) in [5.74, 6) is 0.0481. The molecule has 146 valence electrons. The zero-order valence-electron chi connectivity index (χ0n) is 15.7. The van der Waals surface area contributed by atoms with E-state index in [1.165, 1.54) is 6.92 Å². The first-order chi connectivity index (χ1) is 12.8. The third-order valence-corrected chi connectivity index (χ3v) is 5.52. The lowest BCUT2D eigenvalue weighted by molar-refractivity contribution is -0.130. The number of hydrogen-bond donors (Lipinski definition) is 1. The second-order valence-corrected chi connectivity index (χ2v) is 7.82. The molecule has 7 nitrogen and oxygen atoms in total. The van der Waals surface area contributed by atoms with Crippen LogP contribution in [0.25, 0.3) is 0 Å². The lowest BCUT2D eigenvalue weighted by atomic mass is 9.86. The third kappa shape index (κ3) is 4.35. The molecule has 2 aliphatic heterocycles. The first kappa shape index (κ1) is 19.5. The SMILES string of the molecule is CCN1C[C@@]2(CC1=O)CN(C(C)=O)CCN(C(=O)Nc1cccc(Cl)c1)C2. The van der Waals surface area contributed by atoms with Crippen molar-refractivity contribution in [2.75, 3.05) is 44.6 Å². The number of hydrogen-bond acceptors (Lipinski definition) is 3. The van der Waals surface area contributed by atoms with Crippen molar-refractivity contribution < 1.29 is 14.4 Å². The van der Waals surface area contributed by atoms with Gasteiger partial charge in [-0.1, -0.05) is 17.7 Å². The van der Waals surface area contributed by atoms with Gasteiger partial charge in [-0.3, -0.25) is 9.59 Å². The van der Waals surface area contributed by atoms with Crippen molar-refractivity contribution in [3.05, 3.63) is 29.3 Å². The average Bonchev–Trinajstić information content (AvgIpc) is 2.79. The maximum atomic E-state index is 12.9. The number of urea groups is 1. The second-order valence-electron chi connectivity index (χ2n) is 7.39. The number of nitrogens with one attached hydrogen (secondary N) is 1. The van der Waals surface area contributed by atoms with E-state index in [2.05, 4.69) is 5.32 Å². The summed E-state index contributed by atoms with van der Waals surface area (Å²) in [5, 5.41) is 3.41. The Bertz CT molecular complexity index is 756. The minimum absolute atomic E-state index is 0.0335. The molecule has 2 fully saturated rings. The Morgan fingerprint density at radius 3 is 2.52 bits per heavy atom. The number of likely N-dealkylation sites (tertiary alicyclic amines) is 1. The van der Waals surface area contributed by atoms with Crippen molar-refractivity contribution in [2.24, 2.45) is 5.41 Å². The predicted molar refractivity (Wildman–Crippen MR) is 104 cm³/mol. The molecule has 0 aliphatic carbocycles. The topological polar surface area (TPSA) is 73.0 Å². The molecule has 2 heterocycles. The van der Waals surface area contributed by atoms with Crippen molar-refractivity contribution in [2.45, 2.75) is 20.3 Å². The van der Waals surface area contributed by atoms with E-state index in [1.807, 2.05) is 6.92 Å². The molecule has 1 atom stereocenters. The Morgan fingerprint density at radius 2 is 1.89 bits per heavy atom. The summed E-state index contributed by atoms with van der Waals surface area (Å²) in [6.07, 6.45) is 0.353. The van der Waals surface area contributed by atoms with Crippen LogP contribution in [-0.4, -0.2) is 71.8 Å². The normalized spacial score (nSPS) is 22.9. The molecule has 2 aliphatic rings. The number of halogens is 1. The Kier molecular flexibility index (Phi) is 5.60. The molecule has 0 saturated carbocycles. The summed E-state index contributed by atoms with van der Waals surface area (Å²) in [5.41, 5.74) is 0.188. The van der Waals surface area contributed by atoms with Gasteiger partial charge in [0.1, 0.15) is 0 Å². The molecule has 0 radical (unpaired) electrons. The van der Waals surface area contributed by atoms with E-state index in [0.717, 1.165) is 0 Å². The van der Waals surface area contributed by atoms with Crippen molar-refractivity contribution in [1.82, 2.24) is 14.7 Å². The van der Waals surface area contributed by atoms with Crippen LogP contribution in [0.2, 0.25) is 5.02 Å². The summed E-state index contributed by atoms with van der Waals surface area (Å²) in [6.45, 7) is 6.48. The van der Waals surface area contributed by atoms with Gasteiger partial charge in [-0.05, 0) is 25.1 Å². The molecule has 1 aromatic rings. The number of carbonyl (C=O) groups is 3. The van der Waals surface area contributed by atoms with Crippen LogP contribution in [0.5, 0.6) is 0 Å². The van der Waals surface area contributed by atoms with Gasteiger partial charge in [0.15, 0.2) is 0 Å². The highest BCUT2D eigenvalue weighted by atomic mass is 35.5. The predicted octanol–water partition coefficient (Wildman–Crippen LogP) is 2.27. The monoisotopic (exact) mass is 392 g/mol. The van der Waals surface area contributed by atoms with Crippen LogP contribution in [-0.2, 0) is 9.59 Å². The number of nitrogens with zero attached hydrogens (tertiary/aromatic N) is 3. The third-order valence-electron chi connectivity index (χ3n) is 5.29. The highest BCUT2D eigenvalue weighted by molar-refractivity contribution is 6.30. The number of anilines is 1. The molecule has 1 spiro atoms. The van der Waals surface area contributed by atoms with Crippen LogP contribution in [0.4, 0.5) is 10.5 Å². The largest absolute Gasteiger partial charge is 0.342 e. The van der Waals surface area contributed by atoms with Gasteiger partial charge in [0, 0.05) is 68.7 Å². The molecule has 2 saturated heterocycles. The fourth-order valence-corrected chi connectivity index (χ4v) is 4.14. The molecule has 1 aromatic carbocycles. The van der Waals surface area contributed by atoms with Crippen LogP contribution in [0, 0.1) is 5.41 Å². The van der Waals surface area contributed by atoms with Gasteiger partial charge in [-0.15, -0.1) is 0 Å². The van der Waals surface area contributed by atoms with Crippen LogP contribution in [0.1, 0.15) is 20.3 Å². The molecular weight excluding hydrogens is 368 g/mol. The quantitative estimate of drug-likeness (QED) is 0.839. The van der Waals surface area contributed by atoms with Crippen LogP contribution >= 0.6 is 11.6 Å². The molecule has 27 heavy (non-hydrogen) atoms. The molecule has 0 bridgehead atoms. The van der Waals surface area contributed by atoms with E-state index in [4.69, 9.17) is 11.6 Å². The summed E-state index contributed by atoms with van der Waals surface area (Å²) in [7, 11) is 0. The lowest BCUT2D eigenvalue weighted by Crippen LogP contribution is -2.46. The molecule has 4 amide bonds. The average molecular weight is 393 g/mol. The Hall–Kier alpha value is -2.28. The van der Waals surface area contributed by atoms with E-state index in [9.17, 15) is 14.4 Å². The van der Waals surface area contributed by atoms with E-state index in [-0.39, 0.29) is 17.8 Å². The fraction of sp³-hybridized carbons (Fsp3) is 0.526. The van der Waals surface area contributed by atoms with Crippen molar-refractivity contribution in [3.63, 3.8) is 0 Å². The van der Waals surface area contributed by atoms with Crippen LogP contribution in [0.3, 0.4) is 0 Å². The minimum atomic E-state index is -0.430. The molecule has 0 aromatic heterocycles. The number of amides is 4. The van der Waals surface area contributed by atoms with Crippen molar-refractivity contribution in [1.29, 1.82) is 0 Å². The smallest absolute Gasteiger partial charge is 0.321 e. The Labute approximate surface area is 164 Å². The van der Waals surface area contributed by atoms with Gasteiger partial charge in [0.05, 0.1) is 0 Å². The first-order valence-corrected chi connectivity index (χ1v) is 9.54. The maximum Gasteiger partial charge on any atom is 0.321 e. The van der Waals surface area contributed by atoms with Gasteiger partial charge < -0.3 is 20.0 Å². The van der Waals surface area contributed by atoms with Gasteiger partial charge in [0.25, 0.3) is 0 Å². The van der Waals surface area contributed by atoms with E-state index < -0.39 is 5.41 Å². The van der Waals surface area contributed by atoms with E-state index in [0.29, 0.717) is 56.4 Å². The van der Waals surface area contributed by atoms with Gasteiger partial charge in [-0.25, -0.2) is 4.79 Å². The van der Waals surface area contributed by atoms with Gasteiger partial charge in [-0.2, -0.15) is 0 Å². The molecule has 8 heteroatoms. The number of benzene rings is 1. The van der Waals surface area contributed by atoms with E-state index >= 15 is 0 Å². The fourth-order valence-electron chi connectivity index (χ4n) is 3.95. The van der Waals surface area contributed by atoms with E-state index in [1.54, 1.807) is 39.0 Å². The molecule has 1 N–H and O–H groups in total. The standard InChI is InChI=1S/C19H25ClN4O3/c1-3-22-11-19(10-17(22)26)12-23(14(2)25)7-8-24(13-19)18(27)21-16-6-4-5-15(20)9-16/h4-6,9H,3,7-8,10-13H2,1-2H3,(H,21,27)/t19-/m0/s1. The lowest BCUT2D eigenvalue weighted by Gasteiger charge is -2.33. The minimum Gasteiger partial charge on any atom is -0.342 e. The second kappa shape index (κ2) is 7.76. The first-order valence-electron chi connectivity index (χ1n) is 9.17.